The maximum atomic E-state index is 4.73. The first kappa shape index (κ1) is 22.4. The van der Waals surface area contributed by atoms with Gasteiger partial charge in [0.05, 0.1) is 12.4 Å². The van der Waals surface area contributed by atoms with Gasteiger partial charge in [0.1, 0.15) is 17.7 Å². The Morgan fingerprint density at radius 1 is 0.840 bits per heavy atom. The van der Waals surface area contributed by atoms with E-state index in [-0.39, 0.29) is 7.43 Å². The third kappa shape index (κ3) is 8.73. The molecule has 0 saturated carbocycles. The molecule has 0 unspecified atom stereocenters. The number of hydrogen-bond acceptors (Lipinski definition) is 9. The Morgan fingerprint density at radius 2 is 1.52 bits per heavy atom. The van der Waals surface area contributed by atoms with Crippen LogP contribution in [0.5, 0.6) is 0 Å². The summed E-state index contributed by atoms with van der Waals surface area (Å²) < 4.78 is 13.6. The lowest BCUT2D eigenvalue weighted by atomic mass is 10.2. The van der Waals surface area contributed by atoms with E-state index >= 15 is 0 Å². The fraction of sp³-hybridized carbons (Fsp3) is 0.625. The molecule has 0 amide bonds. The minimum Gasteiger partial charge on any atom is -0.345 e. The molecule has 0 aliphatic carbocycles. The van der Waals surface area contributed by atoms with Crippen LogP contribution in [0.15, 0.2) is 32.3 Å². The van der Waals surface area contributed by atoms with Crippen molar-refractivity contribution in [2.45, 2.75) is 66.7 Å². The fourth-order valence-corrected chi connectivity index (χ4v) is 1.28. The van der Waals surface area contributed by atoms with E-state index in [9.17, 15) is 0 Å². The summed E-state index contributed by atoms with van der Waals surface area (Å²) in [5, 5.41) is 20.9. The summed E-state index contributed by atoms with van der Waals surface area (Å²) in [6.07, 6.45) is 4.82. The molecule has 25 heavy (non-hydrogen) atoms. The summed E-state index contributed by atoms with van der Waals surface area (Å²) >= 11 is 0. The lowest BCUT2D eigenvalue weighted by Gasteiger charge is -1.91. The molecule has 9 nitrogen and oxygen atoms in total. The van der Waals surface area contributed by atoms with Crippen molar-refractivity contribution in [2.75, 3.05) is 0 Å². The maximum absolute atomic E-state index is 4.73. The normalized spacial score (nSPS) is 9.96. The summed E-state index contributed by atoms with van der Waals surface area (Å²) in [6.45, 7) is 12.2. The average Bonchev–Trinajstić information content (AvgIpc) is 3.29. The molecule has 0 fully saturated rings. The Bertz CT molecular complexity index is 528. The number of nitrogens with zero attached hydrogens (tertiary/aromatic N) is 6. The predicted octanol–water partition coefficient (Wildman–Crippen LogP) is 4.22. The van der Waals surface area contributed by atoms with Gasteiger partial charge in [-0.15, -0.1) is 10.2 Å². The molecule has 3 aromatic heterocycles. The Balaban J connectivity index is 0.000000339. The first-order valence-electron chi connectivity index (χ1n) is 7.73. The molecule has 0 aliphatic heterocycles. The first-order chi connectivity index (χ1) is 11.4. The van der Waals surface area contributed by atoms with Gasteiger partial charge in [-0.3, -0.25) is 0 Å². The van der Waals surface area contributed by atoms with Gasteiger partial charge in [-0.05, 0) is 0 Å². The third-order valence-electron chi connectivity index (χ3n) is 2.89. The van der Waals surface area contributed by atoms with Crippen LogP contribution in [0.3, 0.4) is 0 Å². The van der Waals surface area contributed by atoms with Crippen molar-refractivity contribution in [1.82, 2.24) is 31.1 Å². The SMILES string of the molecule is C.CC(C)c1cnno1.CC(C)c1cnon1.CC(C)c1conn1. The van der Waals surface area contributed by atoms with Crippen molar-refractivity contribution >= 4 is 0 Å². The van der Waals surface area contributed by atoms with Gasteiger partial charge in [-0.1, -0.05) is 59.3 Å². The van der Waals surface area contributed by atoms with Gasteiger partial charge in [0, 0.05) is 28.3 Å². The highest BCUT2D eigenvalue weighted by atomic mass is 16.6. The summed E-state index contributed by atoms with van der Waals surface area (Å²) in [6, 6.07) is 0. The molecule has 3 heterocycles. The van der Waals surface area contributed by atoms with Crippen LogP contribution in [0.2, 0.25) is 0 Å². The molecule has 0 atom stereocenters. The van der Waals surface area contributed by atoms with Crippen molar-refractivity contribution < 1.29 is 13.7 Å². The fourth-order valence-electron chi connectivity index (χ4n) is 1.28. The molecule has 0 radical (unpaired) electrons. The first-order valence-corrected chi connectivity index (χ1v) is 7.73. The maximum Gasteiger partial charge on any atom is 0.159 e. The van der Waals surface area contributed by atoms with E-state index < -0.39 is 0 Å². The zero-order valence-corrected chi connectivity index (χ0v) is 14.9. The van der Waals surface area contributed by atoms with Crippen LogP contribution < -0.4 is 0 Å². The van der Waals surface area contributed by atoms with Crippen molar-refractivity contribution in [3.05, 3.63) is 35.8 Å². The van der Waals surface area contributed by atoms with E-state index in [4.69, 9.17) is 4.52 Å². The van der Waals surface area contributed by atoms with E-state index in [1.54, 1.807) is 18.7 Å². The van der Waals surface area contributed by atoms with Crippen molar-refractivity contribution in [3.8, 4) is 0 Å². The summed E-state index contributed by atoms with van der Waals surface area (Å²) in [5.41, 5.74) is 1.81. The predicted molar refractivity (Wildman–Crippen MR) is 91.9 cm³/mol. The zero-order chi connectivity index (χ0) is 17.9. The smallest absolute Gasteiger partial charge is 0.159 e. The Hall–Kier alpha value is -2.58. The van der Waals surface area contributed by atoms with Crippen LogP contribution in [0, 0.1) is 0 Å². The van der Waals surface area contributed by atoms with Crippen molar-refractivity contribution in [2.24, 2.45) is 0 Å². The standard InChI is InChI=1S/3C5H8N2O.CH4/c1-4(2)5-3-8-7-6-5;1-4(2)5-3-6-7-8-5;1-4(2)5-3-6-8-7-5;/h3*3-4H,1-2H3;1H4. The number of hydrogen-bond donors (Lipinski definition) is 0. The minimum absolute atomic E-state index is 0. The van der Waals surface area contributed by atoms with Crippen LogP contribution in [0.1, 0.15) is 83.9 Å². The van der Waals surface area contributed by atoms with Crippen LogP contribution >= 0.6 is 0 Å². The lowest BCUT2D eigenvalue weighted by molar-refractivity contribution is 0.302. The molecule has 0 N–H and O–H groups in total. The van der Waals surface area contributed by atoms with Gasteiger partial charge in [-0.25, -0.2) is 4.63 Å². The van der Waals surface area contributed by atoms with Gasteiger partial charge >= 0.3 is 0 Å². The Kier molecular flexibility index (Phi) is 10.7. The highest BCUT2D eigenvalue weighted by molar-refractivity contribution is 4.95. The molecule has 0 aliphatic rings. The van der Waals surface area contributed by atoms with Crippen molar-refractivity contribution in [1.29, 1.82) is 0 Å². The molecule has 3 aromatic rings. The van der Waals surface area contributed by atoms with E-state index in [0.717, 1.165) is 17.1 Å². The molecule has 140 valence electrons. The number of rotatable bonds is 3. The topological polar surface area (TPSA) is 117 Å². The second-order valence-corrected chi connectivity index (χ2v) is 5.95. The number of aromatic nitrogens is 6. The van der Waals surface area contributed by atoms with Gasteiger partial charge in [0.25, 0.3) is 0 Å². The second kappa shape index (κ2) is 11.9. The van der Waals surface area contributed by atoms with Gasteiger partial charge in [0.2, 0.25) is 0 Å². The Morgan fingerprint density at radius 3 is 1.76 bits per heavy atom. The Labute approximate surface area is 148 Å². The van der Waals surface area contributed by atoms with E-state index in [2.05, 4.69) is 40.2 Å². The minimum atomic E-state index is 0. The molecular weight excluding hydrogens is 324 g/mol. The highest BCUT2D eigenvalue weighted by Gasteiger charge is 2.02. The summed E-state index contributed by atoms with van der Waals surface area (Å²) in [7, 11) is 0. The summed E-state index contributed by atoms with van der Waals surface area (Å²) in [5.74, 6) is 2.07. The molecular formula is C16H28N6O3. The molecule has 0 aromatic carbocycles. The highest BCUT2D eigenvalue weighted by Crippen LogP contribution is 2.09. The largest absolute Gasteiger partial charge is 0.345 e. The monoisotopic (exact) mass is 352 g/mol. The van der Waals surface area contributed by atoms with E-state index in [1.807, 2.05) is 41.5 Å². The van der Waals surface area contributed by atoms with Gasteiger partial charge in [0.15, 0.2) is 5.76 Å². The third-order valence-corrected chi connectivity index (χ3v) is 2.89. The molecule has 9 heteroatoms. The van der Waals surface area contributed by atoms with Crippen LogP contribution in [0.25, 0.3) is 0 Å². The zero-order valence-electron chi connectivity index (χ0n) is 14.9. The molecule has 0 bridgehead atoms. The van der Waals surface area contributed by atoms with Crippen LogP contribution in [0.4, 0.5) is 0 Å². The quantitative estimate of drug-likeness (QED) is 0.682. The summed E-state index contributed by atoms with van der Waals surface area (Å²) in [4.78, 5) is 0. The van der Waals surface area contributed by atoms with Gasteiger partial charge in [-0.2, -0.15) is 0 Å². The van der Waals surface area contributed by atoms with Crippen molar-refractivity contribution in [3.63, 3.8) is 0 Å². The molecule has 3 rings (SSSR count). The molecule has 0 saturated heterocycles. The molecule has 0 spiro atoms. The van der Waals surface area contributed by atoms with Crippen LogP contribution in [-0.4, -0.2) is 31.1 Å². The van der Waals surface area contributed by atoms with Gasteiger partial charge < -0.3 is 9.05 Å². The lowest BCUT2D eigenvalue weighted by Crippen LogP contribution is -1.85. The average molecular weight is 352 g/mol. The van der Waals surface area contributed by atoms with E-state index in [1.165, 1.54) is 0 Å². The second-order valence-electron chi connectivity index (χ2n) is 5.95. The van der Waals surface area contributed by atoms with E-state index in [0.29, 0.717) is 17.8 Å². The van der Waals surface area contributed by atoms with Crippen LogP contribution in [-0.2, 0) is 0 Å².